The highest BCUT2D eigenvalue weighted by Crippen LogP contribution is 2.15. The van der Waals surface area contributed by atoms with Crippen LogP contribution in [0.2, 0.25) is 0 Å². The first kappa shape index (κ1) is 17.5. The van der Waals surface area contributed by atoms with Crippen molar-refractivity contribution >= 4 is 11.6 Å². The smallest absolute Gasteiger partial charge is 0.254 e. The van der Waals surface area contributed by atoms with Gasteiger partial charge in [-0.2, -0.15) is 0 Å². The predicted molar refractivity (Wildman–Crippen MR) is 98.4 cm³/mol. The Bertz CT molecular complexity index is 990. The molecular formula is C20H18FN3O2. The number of carbonyl (C=O) groups excluding carboxylic acids is 1. The molecular weight excluding hydrogens is 333 g/mol. The van der Waals surface area contributed by atoms with Crippen LogP contribution in [0.5, 0.6) is 0 Å². The second-order valence-corrected chi connectivity index (χ2v) is 6.17. The van der Waals surface area contributed by atoms with Gasteiger partial charge in [-0.25, -0.2) is 9.37 Å². The number of nitrogens with zero attached hydrogens (tertiary/aromatic N) is 2. The molecule has 132 valence electrons. The fourth-order valence-electron chi connectivity index (χ4n) is 2.73. The van der Waals surface area contributed by atoms with Gasteiger partial charge < -0.3 is 5.32 Å². The van der Waals surface area contributed by atoms with Gasteiger partial charge in [0.05, 0.1) is 12.0 Å². The lowest BCUT2D eigenvalue weighted by Gasteiger charge is -2.09. The second-order valence-electron chi connectivity index (χ2n) is 6.17. The van der Waals surface area contributed by atoms with E-state index in [9.17, 15) is 14.0 Å². The van der Waals surface area contributed by atoms with Crippen LogP contribution in [0.4, 0.5) is 10.1 Å². The topological polar surface area (TPSA) is 64.0 Å². The molecule has 0 unspecified atom stereocenters. The number of aromatic nitrogens is 2. The Labute approximate surface area is 150 Å². The van der Waals surface area contributed by atoms with Crippen molar-refractivity contribution in [2.24, 2.45) is 0 Å². The van der Waals surface area contributed by atoms with Gasteiger partial charge in [-0.15, -0.1) is 0 Å². The first-order valence-corrected chi connectivity index (χ1v) is 8.11. The lowest BCUT2D eigenvalue weighted by molar-refractivity contribution is -0.116. The van der Waals surface area contributed by atoms with Crippen molar-refractivity contribution in [1.29, 1.82) is 0 Å². The number of nitrogens with one attached hydrogen (secondary N) is 1. The Balaban J connectivity index is 1.74. The number of halogens is 1. The molecule has 1 N–H and O–H groups in total. The molecule has 0 spiro atoms. The molecule has 0 saturated carbocycles. The summed E-state index contributed by atoms with van der Waals surface area (Å²) in [4.78, 5) is 28.6. The third kappa shape index (κ3) is 4.22. The van der Waals surface area contributed by atoms with Gasteiger partial charge in [-0.1, -0.05) is 6.07 Å². The Morgan fingerprint density at radius 1 is 1.08 bits per heavy atom. The molecule has 3 rings (SSSR count). The van der Waals surface area contributed by atoms with Gasteiger partial charge in [0, 0.05) is 17.3 Å². The quantitative estimate of drug-likeness (QED) is 0.784. The molecule has 1 aromatic heterocycles. The van der Waals surface area contributed by atoms with Gasteiger partial charge in [-0.3, -0.25) is 14.2 Å². The molecule has 0 aliphatic heterocycles. The normalized spacial score (nSPS) is 10.6. The number of amides is 1. The highest BCUT2D eigenvalue weighted by Gasteiger charge is 2.08. The van der Waals surface area contributed by atoms with Gasteiger partial charge in [0.25, 0.3) is 5.56 Å². The molecule has 0 aliphatic rings. The number of hydrogen-bond acceptors (Lipinski definition) is 3. The second kappa shape index (κ2) is 7.31. The van der Waals surface area contributed by atoms with Crippen LogP contribution in [0.25, 0.3) is 11.3 Å². The lowest BCUT2D eigenvalue weighted by Crippen LogP contribution is -2.27. The fourth-order valence-corrected chi connectivity index (χ4v) is 2.73. The molecule has 3 aromatic rings. The summed E-state index contributed by atoms with van der Waals surface area (Å²) in [6.45, 7) is 3.76. The first-order valence-electron chi connectivity index (χ1n) is 8.11. The van der Waals surface area contributed by atoms with Crippen molar-refractivity contribution in [1.82, 2.24) is 9.55 Å². The van der Waals surface area contributed by atoms with Crippen molar-refractivity contribution in [3.63, 3.8) is 0 Å². The van der Waals surface area contributed by atoms with Crippen molar-refractivity contribution in [2.75, 3.05) is 5.32 Å². The third-order valence-electron chi connectivity index (χ3n) is 3.84. The van der Waals surface area contributed by atoms with Crippen LogP contribution < -0.4 is 10.9 Å². The minimum atomic E-state index is -0.356. The number of benzene rings is 2. The van der Waals surface area contributed by atoms with E-state index in [-0.39, 0.29) is 23.8 Å². The molecule has 1 amide bonds. The molecule has 1 heterocycles. The molecule has 0 fully saturated rings. The first-order chi connectivity index (χ1) is 12.4. The van der Waals surface area contributed by atoms with Crippen LogP contribution in [0.1, 0.15) is 11.1 Å². The van der Waals surface area contributed by atoms with Gasteiger partial charge in [0.2, 0.25) is 5.91 Å². The Morgan fingerprint density at radius 3 is 2.35 bits per heavy atom. The maximum absolute atomic E-state index is 13.0. The van der Waals surface area contributed by atoms with Crippen molar-refractivity contribution in [2.45, 2.75) is 20.4 Å². The molecule has 0 atom stereocenters. The van der Waals surface area contributed by atoms with Gasteiger partial charge in [0.15, 0.2) is 0 Å². The molecule has 2 aromatic carbocycles. The summed E-state index contributed by atoms with van der Waals surface area (Å²) in [6.07, 6.45) is 1.32. The van der Waals surface area contributed by atoms with E-state index in [1.54, 1.807) is 12.1 Å². The summed E-state index contributed by atoms with van der Waals surface area (Å²) in [6, 6.07) is 12.8. The molecule has 5 nitrogen and oxygen atoms in total. The van der Waals surface area contributed by atoms with Gasteiger partial charge in [0.1, 0.15) is 12.4 Å². The molecule has 0 saturated heterocycles. The summed E-state index contributed by atoms with van der Waals surface area (Å²) in [5.74, 6) is -0.668. The Kier molecular flexibility index (Phi) is 4.93. The van der Waals surface area contributed by atoms with Crippen molar-refractivity contribution in [3.05, 3.63) is 82.2 Å². The van der Waals surface area contributed by atoms with Gasteiger partial charge in [-0.05, 0) is 61.4 Å². The number of rotatable bonds is 4. The minimum absolute atomic E-state index is 0.136. The SMILES string of the molecule is Cc1cc(C)cc(NC(=O)Cn2cnc(-c3ccc(F)cc3)cc2=O)c1. The monoisotopic (exact) mass is 351 g/mol. The van der Waals surface area contributed by atoms with E-state index in [0.717, 1.165) is 11.1 Å². The zero-order chi connectivity index (χ0) is 18.7. The number of aryl methyl sites for hydroxylation is 2. The Hall–Kier alpha value is -3.28. The molecule has 26 heavy (non-hydrogen) atoms. The van der Waals surface area contributed by atoms with Gasteiger partial charge >= 0.3 is 0 Å². The third-order valence-corrected chi connectivity index (χ3v) is 3.84. The van der Waals surface area contributed by atoms with Crippen LogP contribution in [-0.4, -0.2) is 15.5 Å². The van der Waals surface area contributed by atoms with Crippen molar-refractivity contribution in [3.8, 4) is 11.3 Å². The van der Waals surface area contributed by atoms with E-state index in [1.807, 2.05) is 32.0 Å². The number of anilines is 1. The standard InChI is InChI=1S/C20H18FN3O2/c1-13-7-14(2)9-17(8-13)23-19(25)11-24-12-22-18(10-20(24)26)15-3-5-16(21)6-4-15/h3-10,12H,11H2,1-2H3,(H,23,25). The van der Waals surface area contributed by atoms with Crippen molar-refractivity contribution < 1.29 is 9.18 Å². The van der Waals surface area contributed by atoms with Crippen LogP contribution in [-0.2, 0) is 11.3 Å². The van der Waals surface area contributed by atoms with E-state index >= 15 is 0 Å². The van der Waals surface area contributed by atoms with Crippen LogP contribution >= 0.6 is 0 Å². The summed E-state index contributed by atoms with van der Waals surface area (Å²) in [5.41, 5.74) is 3.49. The van der Waals surface area contributed by atoms with E-state index < -0.39 is 0 Å². The number of hydrogen-bond donors (Lipinski definition) is 1. The summed E-state index contributed by atoms with van der Waals surface area (Å²) in [5, 5.41) is 2.78. The average molecular weight is 351 g/mol. The minimum Gasteiger partial charge on any atom is -0.325 e. The summed E-state index contributed by atoms with van der Waals surface area (Å²) in [7, 11) is 0. The zero-order valence-electron chi connectivity index (χ0n) is 14.5. The number of carbonyl (C=O) groups is 1. The predicted octanol–water partition coefficient (Wildman–Crippen LogP) is 3.30. The van der Waals surface area contributed by atoms with E-state index in [1.165, 1.54) is 29.1 Å². The summed E-state index contributed by atoms with van der Waals surface area (Å²) >= 11 is 0. The summed E-state index contributed by atoms with van der Waals surface area (Å²) < 4.78 is 14.2. The molecule has 0 aliphatic carbocycles. The van der Waals surface area contributed by atoms with Crippen LogP contribution in [0.15, 0.2) is 59.7 Å². The fraction of sp³-hybridized carbons (Fsp3) is 0.150. The zero-order valence-corrected chi connectivity index (χ0v) is 14.5. The highest BCUT2D eigenvalue weighted by molar-refractivity contribution is 5.90. The molecule has 6 heteroatoms. The highest BCUT2D eigenvalue weighted by atomic mass is 19.1. The van der Waals surface area contributed by atoms with E-state index in [2.05, 4.69) is 10.3 Å². The molecule has 0 radical (unpaired) electrons. The Morgan fingerprint density at radius 2 is 1.73 bits per heavy atom. The van der Waals surface area contributed by atoms with E-state index in [0.29, 0.717) is 16.9 Å². The maximum atomic E-state index is 13.0. The largest absolute Gasteiger partial charge is 0.325 e. The van der Waals surface area contributed by atoms with E-state index in [4.69, 9.17) is 0 Å². The van der Waals surface area contributed by atoms with Crippen LogP contribution in [0.3, 0.4) is 0 Å². The maximum Gasteiger partial charge on any atom is 0.254 e. The van der Waals surface area contributed by atoms with Crippen LogP contribution in [0, 0.1) is 19.7 Å². The lowest BCUT2D eigenvalue weighted by atomic mass is 10.1. The molecule has 0 bridgehead atoms. The average Bonchev–Trinajstić information content (AvgIpc) is 2.56.